The summed E-state index contributed by atoms with van der Waals surface area (Å²) in [6.07, 6.45) is 4.71. The normalized spacial score (nSPS) is 12.0. The summed E-state index contributed by atoms with van der Waals surface area (Å²) in [7, 11) is 0. The molecule has 0 aliphatic heterocycles. The highest BCUT2D eigenvalue weighted by Crippen LogP contribution is 2.21. The van der Waals surface area contributed by atoms with E-state index < -0.39 is 0 Å². The van der Waals surface area contributed by atoms with Crippen LogP contribution in [0.15, 0.2) is 22.7 Å². The molecule has 0 bridgehead atoms. The van der Waals surface area contributed by atoms with E-state index in [1.807, 2.05) is 25.1 Å². The lowest BCUT2D eigenvalue weighted by atomic mass is 9.99. The van der Waals surface area contributed by atoms with Gasteiger partial charge in [0.15, 0.2) is 6.61 Å². The van der Waals surface area contributed by atoms with Crippen molar-refractivity contribution in [1.29, 1.82) is 0 Å². The van der Waals surface area contributed by atoms with E-state index in [-0.39, 0.29) is 12.5 Å². The first-order valence-corrected chi connectivity index (χ1v) is 8.51. The molecule has 0 fully saturated rings. The minimum atomic E-state index is -0.0504. The first kappa shape index (κ1) is 18.0. The number of amides is 1. The Morgan fingerprint density at radius 2 is 2.14 bits per heavy atom. The first-order valence-electron chi connectivity index (χ1n) is 7.72. The van der Waals surface area contributed by atoms with Gasteiger partial charge in [0, 0.05) is 11.0 Å². The third-order valence-corrected chi connectivity index (χ3v) is 4.52. The van der Waals surface area contributed by atoms with Gasteiger partial charge >= 0.3 is 0 Å². The van der Waals surface area contributed by atoms with Crippen LogP contribution in [0.25, 0.3) is 0 Å². The second-order valence-electron chi connectivity index (χ2n) is 5.42. The molecule has 1 N–H and O–H groups in total. The van der Waals surface area contributed by atoms with Crippen molar-refractivity contribution in [2.75, 3.05) is 13.2 Å². The number of carbonyl (C=O) groups excluding carboxylic acids is 1. The van der Waals surface area contributed by atoms with Gasteiger partial charge in [-0.15, -0.1) is 0 Å². The SMILES string of the molecule is CCCCC(CC)CNC(=O)COc1ccc(Br)c(C)c1. The Hall–Kier alpha value is -1.03. The molecule has 1 aromatic carbocycles. The molecule has 1 amide bonds. The van der Waals surface area contributed by atoms with Crippen molar-refractivity contribution in [2.24, 2.45) is 5.92 Å². The smallest absolute Gasteiger partial charge is 0.257 e. The summed E-state index contributed by atoms with van der Waals surface area (Å²) >= 11 is 3.44. The maximum Gasteiger partial charge on any atom is 0.257 e. The molecular formula is C17H26BrNO2. The Labute approximate surface area is 136 Å². The third-order valence-electron chi connectivity index (χ3n) is 3.63. The zero-order chi connectivity index (χ0) is 15.7. The number of ether oxygens (including phenoxy) is 1. The number of carbonyl (C=O) groups is 1. The van der Waals surface area contributed by atoms with Crippen LogP contribution in [0, 0.1) is 12.8 Å². The number of benzene rings is 1. The van der Waals surface area contributed by atoms with Crippen LogP contribution in [0.5, 0.6) is 5.75 Å². The predicted octanol–water partition coefficient (Wildman–Crippen LogP) is 4.47. The Kier molecular flexibility index (Phi) is 8.43. The first-order chi connectivity index (χ1) is 10.1. The maximum atomic E-state index is 11.8. The number of rotatable bonds is 9. The van der Waals surface area contributed by atoms with Crippen molar-refractivity contribution in [3.63, 3.8) is 0 Å². The van der Waals surface area contributed by atoms with E-state index in [0.717, 1.165) is 28.8 Å². The molecule has 1 aromatic rings. The molecular weight excluding hydrogens is 330 g/mol. The lowest BCUT2D eigenvalue weighted by Gasteiger charge is -2.15. The average Bonchev–Trinajstić information content (AvgIpc) is 2.48. The Morgan fingerprint density at radius 3 is 2.76 bits per heavy atom. The lowest BCUT2D eigenvalue weighted by molar-refractivity contribution is -0.123. The largest absolute Gasteiger partial charge is 0.484 e. The van der Waals surface area contributed by atoms with Gasteiger partial charge in [0.1, 0.15) is 5.75 Å². The van der Waals surface area contributed by atoms with Crippen molar-refractivity contribution in [1.82, 2.24) is 5.32 Å². The summed E-state index contributed by atoms with van der Waals surface area (Å²) in [4.78, 5) is 11.8. The van der Waals surface area contributed by atoms with Gasteiger partial charge in [-0.25, -0.2) is 0 Å². The fourth-order valence-electron chi connectivity index (χ4n) is 2.11. The molecule has 4 heteroatoms. The molecule has 1 rings (SSSR count). The second kappa shape index (κ2) is 9.82. The third kappa shape index (κ3) is 6.98. The van der Waals surface area contributed by atoms with Gasteiger partial charge in [0.25, 0.3) is 5.91 Å². The molecule has 1 atom stereocenters. The minimum Gasteiger partial charge on any atom is -0.484 e. The summed E-state index contributed by atoms with van der Waals surface area (Å²) < 4.78 is 6.56. The molecule has 0 saturated carbocycles. The van der Waals surface area contributed by atoms with Crippen molar-refractivity contribution in [3.05, 3.63) is 28.2 Å². The van der Waals surface area contributed by atoms with Crippen molar-refractivity contribution in [3.8, 4) is 5.75 Å². The second-order valence-corrected chi connectivity index (χ2v) is 6.27. The van der Waals surface area contributed by atoms with E-state index in [4.69, 9.17) is 4.74 Å². The Balaban J connectivity index is 2.31. The molecule has 0 radical (unpaired) electrons. The van der Waals surface area contributed by atoms with Crippen LogP contribution in [0.1, 0.15) is 45.1 Å². The topological polar surface area (TPSA) is 38.3 Å². The van der Waals surface area contributed by atoms with Crippen LogP contribution in [0.4, 0.5) is 0 Å². The highest BCUT2D eigenvalue weighted by Gasteiger charge is 2.09. The van der Waals surface area contributed by atoms with Crippen molar-refractivity contribution < 1.29 is 9.53 Å². The number of unbranched alkanes of at least 4 members (excludes halogenated alkanes) is 1. The van der Waals surface area contributed by atoms with Crippen LogP contribution in [0.3, 0.4) is 0 Å². The van der Waals surface area contributed by atoms with Crippen LogP contribution < -0.4 is 10.1 Å². The van der Waals surface area contributed by atoms with Gasteiger partial charge in [0.05, 0.1) is 0 Å². The summed E-state index contributed by atoms with van der Waals surface area (Å²) in [5, 5.41) is 2.97. The molecule has 0 aromatic heterocycles. The van der Waals surface area contributed by atoms with E-state index >= 15 is 0 Å². The molecule has 0 spiro atoms. The standard InChI is InChI=1S/C17H26BrNO2/c1-4-6-7-14(5-2)11-19-17(20)12-21-15-8-9-16(18)13(3)10-15/h8-10,14H,4-7,11-12H2,1-3H3,(H,19,20). The van der Waals surface area contributed by atoms with Gasteiger partial charge < -0.3 is 10.1 Å². The number of halogens is 1. The van der Waals surface area contributed by atoms with Crippen molar-refractivity contribution in [2.45, 2.75) is 46.5 Å². The zero-order valence-corrected chi connectivity index (χ0v) is 14.8. The Bertz CT molecular complexity index is 448. The van der Waals surface area contributed by atoms with Gasteiger partial charge in [-0.1, -0.05) is 49.0 Å². The van der Waals surface area contributed by atoms with Gasteiger partial charge in [-0.05, 0) is 43.0 Å². The number of aryl methyl sites for hydroxylation is 1. The van der Waals surface area contributed by atoms with E-state index in [1.165, 1.54) is 19.3 Å². The van der Waals surface area contributed by atoms with Gasteiger partial charge in [-0.3, -0.25) is 4.79 Å². The van der Waals surface area contributed by atoms with Crippen LogP contribution in [-0.4, -0.2) is 19.1 Å². The molecule has 0 aliphatic carbocycles. The summed E-state index contributed by atoms with van der Waals surface area (Å²) in [5.41, 5.74) is 1.10. The van der Waals surface area contributed by atoms with Crippen LogP contribution >= 0.6 is 15.9 Å². The van der Waals surface area contributed by atoms with Crippen molar-refractivity contribution >= 4 is 21.8 Å². The lowest BCUT2D eigenvalue weighted by Crippen LogP contribution is -2.33. The molecule has 21 heavy (non-hydrogen) atoms. The van der Waals surface area contributed by atoms with E-state index in [2.05, 4.69) is 35.1 Å². The minimum absolute atomic E-state index is 0.0504. The predicted molar refractivity (Wildman–Crippen MR) is 90.7 cm³/mol. The van der Waals surface area contributed by atoms with E-state index in [0.29, 0.717) is 5.92 Å². The highest BCUT2D eigenvalue weighted by atomic mass is 79.9. The number of nitrogens with one attached hydrogen (secondary N) is 1. The van der Waals surface area contributed by atoms with E-state index in [9.17, 15) is 4.79 Å². The summed E-state index contributed by atoms with van der Waals surface area (Å²) in [5.74, 6) is 1.25. The van der Waals surface area contributed by atoms with E-state index in [1.54, 1.807) is 0 Å². The summed E-state index contributed by atoms with van der Waals surface area (Å²) in [6.45, 7) is 7.19. The fraction of sp³-hybridized carbons (Fsp3) is 0.588. The zero-order valence-electron chi connectivity index (χ0n) is 13.2. The average molecular weight is 356 g/mol. The molecule has 118 valence electrons. The van der Waals surface area contributed by atoms with Gasteiger partial charge in [-0.2, -0.15) is 0 Å². The quantitative estimate of drug-likeness (QED) is 0.709. The monoisotopic (exact) mass is 355 g/mol. The highest BCUT2D eigenvalue weighted by molar-refractivity contribution is 9.10. The number of hydrogen-bond acceptors (Lipinski definition) is 2. The molecule has 0 saturated heterocycles. The van der Waals surface area contributed by atoms with Gasteiger partial charge in [0.2, 0.25) is 0 Å². The molecule has 0 heterocycles. The van der Waals surface area contributed by atoms with Crippen LogP contribution in [0.2, 0.25) is 0 Å². The molecule has 1 unspecified atom stereocenters. The molecule has 3 nitrogen and oxygen atoms in total. The number of hydrogen-bond donors (Lipinski definition) is 1. The summed E-state index contributed by atoms with van der Waals surface area (Å²) in [6, 6.07) is 5.72. The molecule has 0 aliphatic rings. The fourth-order valence-corrected chi connectivity index (χ4v) is 2.36. The Morgan fingerprint density at radius 1 is 1.38 bits per heavy atom. The maximum absolute atomic E-state index is 11.8. The van der Waals surface area contributed by atoms with Crippen LogP contribution in [-0.2, 0) is 4.79 Å².